The molecule has 0 amide bonds. The second-order valence-electron chi connectivity index (χ2n) is 3.78. The molecule has 0 aliphatic heterocycles. The summed E-state index contributed by atoms with van der Waals surface area (Å²) >= 11 is 1.82. The van der Waals surface area contributed by atoms with Crippen LogP contribution in [0, 0.1) is 0 Å². The third-order valence-corrected chi connectivity index (χ3v) is 3.19. The maximum Gasteiger partial charge on any atom is 0.323 e. The van der Waals surface area contributed by atoms with Gasteiger partial charge in [0.05, 0.1) is 6.61 Å². The number of hydrogen-bond donors (Lipinski definition) is 2. The molecule has 90 valence electrons. The van der Waals surface area contributed by atoms with E-state index in [4.69, 9.17) is 15.6 Å². The molecule has 3 N–H and O–H groups in total. The van der Waals surface area contributed by atoms with Crippen LogP contribution in [-0.2, 0) is 9.53 Å². The monoisotopic (exact) mass is 235 g/mol. The lowest BCUT2D eigenvalue weighted by atomic mass is 9.97. The van der Waals surface area contributed by atoms with Gasteiger partial charge in [0.2, 0.25) is 0 Å². The van der Waals surface area contributed by atoms with Crippen LogP contribution in [0.2, 0.25) is 0 Å². The minimum atomic E-state index is -1.07. The average Bonchev–Trinajstić information content (AvgIpc) is 2.16. The van der Waals surface area contributed by atoms with Gasteiger partial charge in [-0.05, 0) is 25.5 Å². The Hall–Kier alpha value is -0.260. The molecule has 0 heterocycles. The van der Waals surface area contributed by atoms with Gasteiger partial charge in [0.25, 0.3) is 0 Å². The third kappa shape index (κ3) is 7.64. The van der Waals surface area contributed by atoms with E-state index >= 15 is 0 Å². The van der Waals surface area contributed by atoms with E-state index in [2.05, 4.69) is 0 Å². The molecule has 0 aromatic heterocycles. The SMILES string of the molecule is COCCSCCCCC(C)(N)C(=O)O. The Bertz CT molecular complexity index is 186. The molecule has 0 aliphatic carbocycles. The van der Waals surface area contributed by atoms with Crippen molar-refractivity contribution >= 4 is 17.7 Å². The van der Waals surface area contributed by atoms with Crippen molar-refractivity contribution < 1.29 is 14.6 Å². The molecule has 0 aromatic rings. The number of hydrogen-bond acceptors (Lipinski definition) is 4. The topological polar surface area (TPSA) is 72.5 Å². The van der Waals surface area contributed by atoms with E-state index in [0.29, 0.717) is 6.42 Å². The first kappa shape index (κ1) is 14.7. The highest BCUT2D eigenvalue weighted by molar-refractivity contribution is 7.99. The first-order valence-electron chi connectivity index (χ1n) is 5.09. The number of methoxy groups -OCH3 is 1. The molecule has 5 heteroatoms. The summed E-state index contributed by atoms with van der Waals surface area (Å²) in [6.45, 7) is 2.34. The molecule has 0 bridgehead atoms. The molecule has 0 aliphatic rings. The van der Waals surface area contributed by atoms with Crippen LogP contribution in [0.4, 0.5) is 0 Å². The van der Waals surface area contributed by atoms with E-state index in [1.54, 1.807) is 14.0 Å². The molecular weight excluding hydrogens is 214 g/mol. The summed E-state index contributed by atoms with van der Waals surface area (Å²) in [7, 11) is 1.69. The third-order valence-electron chi connectivity index (χ3n) is 2.16. The van der Waals surface area contributed by atoms with E-state index in [-0.39, 0.29) is 0 Å². The molecule has 15 heavy (non-hydrogen) atoms. The van der Waals surface area contributed by atoms with Crippen molar-refractivity contribution in [3.63, 3.8) is 0 Å². The summed E-state index contributed by atoms with van der Waals surface area (Å²) in [6, 6.07) is 0. The van der Waals surface area contributed by atoms with Crippen molar-refractivity contribution in [2.45, 2.75) is 31.7 Å². The van der Waals surface area contributed by atoms with Crippen molar-refractivity contribution in [1.29, 1.82) is 0 Å². The predicted molar refractivity (Wildman–Crippen MR) is 63.3 cm³/mol. The quantitative estimate of drug-likeness (QED) is 0.590. The fourth-order valence-corrected chi connectivity index (χ4v) is 1.94. The number of ether oxygens (including phenoxy) is 1. The number of thioether (sulfide) groups is 1. The zero-order chi connectivity index (χ0) is 11.7. The standard InChI is InChI=1S/C10H21NO3S/c1-10(11,9(12)13)5-3-4-7-15-8-6-14-2/h3-8,11H2,1-2H3,(H,12,13). The van der Waals surface area contributed by atoms with Crippen LogP contribution in [0.3, 0.4) is 0 Å². The highest BCUT2D eigenvalue weighted by atomic mass is 32.2. The van der Waals surface area contributed by atoms with Crippen LogP contribution in [0.5, 0.6) is 0 Å². The largest absolute Gasteiger partial charge is 0.480 e. The lowest BCUT2D eigenvalue weighted by Gasteiger charge is -2.18. The minimum Gasteiger partial charge on any atom is -0.480 e. The Balaban J connectivity index is 3.35. The molecule has 0 saturated heterocycles. The van der Waals surface area contributed by atoms with Crippen LogP contribution in [0.25, 0.3) is 0 Å². The van der Waals surface area contributed by atoms with Crippen LogP contribution in [0.1, 0.15) is 26.2 Å². The van der Waals surface area contributed by atoms with E-state index in [1.165, 1.54) is 0 Å². The Morgan fingerprint density at radius 3 is 2.67 bits per heavy atom. The molecular formula is C10H21NO3S. The molecule has 4 nitrogen and oxygen atoms in total. The van der Waals surface area contributed by atoms with Gasteiger partial charge in [-0.3, -0.25) is 4.79 Å². The minimum absolute atomic E-state index is 0.535. The van der Waals surface area contributed by atoms with E-state index < -0.39 is 11.5 Å². The second kappa shape index (κ2) is 7.96. The molecule has 0 fully saturated rings. The maximum absolute atomic E-state index is 10.7. The zero-order valence-electron chi connectivity index (χ0n) is 9.49. The number of carboxylic acid groups (broad SMARTS) is 1. The Morgan fingerprint density at radius 2 is 2.13 bits per heavy atom. The molecule has 1 atom stereocenters. The maximum atomic E-state index is 10.7. The number of nitrogens with two attached hydrogens (primary N) is 1. The average molecular weight is 235 g/mol. The van der Waals surface area contributed by atoms with Gasteiger partial charge in [0, 0.05) is 12.9 Å². The summed E-state index contributed by atoms with van der Waals surface area (Å²) in [5, 5.41) is 8.77. The first-order valence-corrected chi connectivity index (χ1v) is 6.25. The zero-order valence-corrected chi connectivity index (χ0v) is 10.3. The molecule has 0 rings (SSSR count). The fourth-order valence-electron chi connectivity index (χ4n) is 1.05. The molecule has 0 aromatic carbocycles. The molecule has 1 unspecified atom stereocenters. The number of aliphatic carboxylic acids is 1. The number of rotatable bonds is 9. The van der Waals surface area contributed by atoms with Crippen molar-refractivity contribution in [3.8, 4) is 0 Å². The van der Waals surface area contributed by atoms with Crippen LogP contribution < -0.4 is 5.73 Å². The highest BCUT2D eigenvalue weighted by Crippen LogP contribution is 2.13. The van der Waals surface area contributed by atoms with Crippen molar-refractivity contribution in [2.75, 3.05) is 25.2 Å². The predicted octanol–water partition coefficient (Wildman–Crippen LogP) is 1.34. The van der Waals surface area contributed by atoms with E-state index in [1.807, 2.05) is 11.8 Å². The normalized spacial score (nSPS) is 14.9. The lowest BCUT2D eigenvalue weighted by molar-refractivity contribution is -0.142. The van der Waals surface area contributed by atoms with Gasteiger partial charge in [-0.25, -0.2) is 0 Å². The van der Waals surface area contributed by atoms with Crippen molar-refractivity contribution in [2.24, 2.45) is 5.73 Å². The number of unbranched alkanes of at least 4 members (excludes halogenated alkanes) is 1. The van der Waals surface area contributed by atoms with Gasteiger partial charge in [-0.1, -0.05) is 6.42 Å². The van der Waals surface area contributed by atoms with Gasteiger partial charge >= 0.3 is 5.97 Å². The molecule has 0 saturated carbocycles. The summed E-state index contributed by atoms with van der Waals surface area (Å²) in [6.07, 6.45) is 2.40. The molecule has 0 spiro atoms. The lowest BCUT2D eigenvalue weighted by Crippen LogP contribution is -2.44. The first-order chi connectivity index (χ1) is 7.00. The summed E-state index contributed by atoms with van der Waals surface area (Å²) < 4.78 is 4.92. The van der Waals surface area contributed by atoms with Gasteiger partial charge < -0.3 is 15.6 Å². The highest BCUT2D eigenvalue weighted by Gasteiger charge is 2.26. The van der Waals surface area contributed by atoms with Crippen LogP contribution >= 0.6 is 11.8 Å². The van der Waals surface area contributed by atoms with E-state index in [0.717, 1.165) is 31.0 Å². The van der Waals surface area contributed by atoms with Gasteiger partial charge in [0.1, 0.15) is 5.54 Å². The van der Waals surface area contributed by atoms with Gasteiger partial charge in [0.15, 0.2) is 0 Å². The van der Waals surface area contributed by atoms with Crippen LogP contribution in [0.15, 0.2) is 0 Å². The Kier molecular flexibility index (Phi) is 7.82. The summed E-state index contributed by atoms with van der Waals surface area (Å²) in [5.41, 5.74) is 4.52. The smallest absolute Gasteiger partial charge is 0.323 e. The Labute approximate surface area is 95.6 Å². The van der Waals surface area contributed by atoms with Crippen LogP contribution in [-0.4, -0.2) is 41.8 Å². The molecule has 0 radical (unpaired) electrons. The van der Waals surface area contributed by atoms with Gasteiger partial charge in [-0.2, -0.15) is 11.8 Å². The van der Waals surface area contributed by atoms with Crippen molar-refractivity contribution in [1.82, 2.24) is 0 Å². The van der Waals surface area contributed by atoms with Crippen molar-refractivity contribution in [3.05, 3.63) is 0 Å². The van der Waals surface area contributed by atoms with Gasteiger partial charge in [-0.15, -0.1) is 0 Å². The van der Waals surface area contributed by atoms with E-state index in [9.17, 15) is 4.79 Å². The Morgan fingerprint density at radius 1 is 1.47 bits per heavy atom. The number of carbonyl (C=O) groups is 1. The summed E-state index contributed by atoms with van der Waals surface area (Å²) in [4.78, 5) is 10.7. The second-order valence-corrected chi connectivity index (χ2v) is 5.01. The fraction of sp³-hybridized carbons (Fsp3) is 0.900. The number of carboxylic acids is 1. The summed E-state index contributed by atoms with van der Waals surface area (Å²) in [5.74, 6) is 1.11.